The van der Waals surface area contributed by atoms with Gasteiger partial charge in [0.05, 0.1) is 13.0 Å². The van der Waals surface area contributed by atoms with Crippen molar-refractivity contribution >= 4 is 86.6 Å². The van der Waals surface area contributed by atoms with E-state index in [-0.39, 0.29) is 74.2 Å². The molecule has 2 aliphatic rings. The second kappa shape index (κ2) is 30.1. The number of hydrogen-bond acceptors (Lipinski definition) is 14. The lowest BCUT2D eigenvalue weighted by atomic mass is 9.89. The second-order valence-electron chi connectivity index (χ2n) is 17.9. The maximum atomic E-state index is 14.3. The third-order valence-electron chi connectivity index (χ3n) is 12.0. The lowest BCUT2D eigenvalue weighted by molar-refractivity contribution is -0.135. The quantitative estimate of drug-likeness (QED) is 0.0287. The van der Waals surface area contributed by atoms with E-state index in [1.807, 2.05) is 0 Å². The minimum absolute atomic E-state index is 0.0181. The van der Waals surface area contributed by atoms with Gasteiger partial charge in [-0.05, 0) is 67.7 Å². The molecule has 1 saturated heterocycles. The summed E-state index contributed by atoms with van der Waals surface area (Å²) in [7, 11) is 2.60. The molecule has 18 N–H and O–H groups in total. The number of guanidine groups is 1. The van der Waals surface area contributed by atoms with E-state index in [0.29, 0.717) is 36.8 Å². The fraction of sp³-hybridized carbons (Fsp3) is 0.511. The Morgan fingerprint density at radius 3 is 1.97 bits per heavy atom. The number of benzene rings is 2. The summed E-state index contributed by atoms with van der Waals surface area (Å²) < 4.78 is 0. The van der Waals surface area contributed by atoms with Gasteiger partial charge in [0, 0.05) is 55.7 Å². The van der Waals surface area contributed by atoms with Crippen LogP contribution >= 0.6 is 21.6 Å². The number of phenols is 1. The van der Waals surface area contributed by atoms with E-state index in [9.17, 15) is 53.1 Å². The monoisotopic (exact) mass is 1050 g/mol. The molecule has 1 heterocycles. The van der Waals surface area contributed by atoms with Gasteiger partial charge in [-0.25, -0.2) is 0 Å². The van der Waals surface area contributed by atoms with Crippen molar-refractivity contribution < 1.29 is 53.1 Å². The average Bonchev–Trinajstić information content (AvgIpc) is 3.80. The van der Waals surface area contributed by atoms with Crippen molar-refractivity contribution in [2.75, 3.05) is 24.6 Å². The molecule has 0 bridgehead atoms. The topological polar surface area (TPSA) is 415 Å². The van der Waals surface area contributed by atoms with Gasteiger partial charge >= 0.3 is 0 Å². The number of hydrogen-bond donors (Lipinski definition) is 14. The van der Waals surface area contributed by atoms with Gasteiger partial charge in [0.1, 0.15) is 36.0 Å². The maximum Gasteiger partial charge on any atom is 0.243 e. The molecule has 0 aromatic heterocycles. The van der Waals surface area contributed by atoms with Crippen molar-refractivity contribution in [1.29, 1.82) is 5.41 Å². The minimum Gasteiger partial charge on any atom is -0.508 e. The van der Waals surface area contributed by atoms with Crippen molar-refractivity contribution in [3.8, 4) is 5.75 Å². The van der Waals surface area contributed by atoms with Gasteiger partial charge in [-0.15, -0.1) is 0 Å². The summed E-state index contributed by atoms with van der Waals surface area (Å²) in [4.78, 5) is 133. The van der Waals surface area contributed by atoms with Crippen LogP contribution in [0.3, 0.4) is 0 Å². The van der Waals surface area contributed by atoms with E-state index >= 15 is 0 Å². The van der Waals surface area contributed by atoms with Gasteiger partial charge in [-0.2, -0.15) is 0 Å². The van der Waals surface area contributed by atoms with E-state index in [2.05, 4.69) is 42.5 Å². The number of phenolic OH excluding ortho intramolecular Hbond substituents is 1. The summed E-state index contributed by atoms with van der Waals surface area (Å²) in [6.45, 7) is -0.231. The smallest absolute Gasteiger partial charge is 0.243 e. The van der Waals surface area contributed by atoms with Crippen LogP contribution in [0, 0.1) is 17.2 Å². The molecule has 1 aliphatic carbocycles. The molecule has 1 saturated carbocycles. The lowest BCUT2D eigenvalue weighted by Crippen LogP contribution is -2.59. The summed E-state index contributed by atoms with van der Waals surface area (Å²) in [6.07, 6.45) is 0.666. The van der Waals surface area contributed by atoms with Crippen LogP contribution in [0.5, 0.6) is 5.75 Å². The van der Waals surface area contributed by atoms with Crippen molar-refractivity contribution in [2.45, 2.75) is 113 Å². The molecular formula is C47H67N13O11S2. The summed E-state index contributed by atoms with van der Waals surface area (Å²) >= 11 is 0. The first-order valence-corrected chi connectivity index (χ1v) is 26.3. The number of rotatable bonds is 20. The number of carbonyl (C=O) groups excluding carboxylic acids is 10. The molecule has 10 amide bonds. The Morgan fingerprint density at radius 1 is 0.712 bits per heavy atom. The summed E-state index contributed by atoms with van der Waals surface area (Å²) in [6, 6.07) is 7.16. The molecule has 24 nitrogen and oxygen atoms in total. The van der Waals surface area contributed by atoms with Crippen LogP contribution in [-0.4, -0.2) is 131 Å². The van der Waals surface area contributed by atoms with E-state index < -0.39 is 121 Å². The molecule has 0 spiro atoms. The van der Waals surface area contributed by atoms with Gasteiger partial charge in [0.25, 0.3) is 0 Å². The first-order valence-electron chi connectivity index (χ1n) is 23.9. The van der Waals surface area contributed by atoms with Gasteiger partial charge in [0.2, 0.25) is 59.1 Å². The first kappa shape index (κ1) is 58.5. The molecule has 2 aromatic carbocycles. The highest BCUT2D eigenvalue weighted by Gasteiger charge is 2.38. The van der Waals surface area contributed by atoms with Crippen LogP contribution < -0.4 is 65.5 Å². The van der Waals surface area contributed by atoms with Crippen LogP contribution in [-0.2, 0) is 60.8 Å². The fourth-order valence-corrected chi connectivity index (χ4v) is 10.6. The Bertz CT molecular complexity index is 2280. The molecular weight excluding hydrogens is 987 g/mol. The van der Waals surface area contributed by atoms with Crippen molar-refractivity contribution in [2.24, 2.45) is 34.8 Å². The van der Waals surface area contributed by atoms with Gasteiger partial charge in [-0.3, -0.25) is 53.4 Å². The predicted octanol–water partition coefficient (Wildman–Crippen LogP) is -2.32. The highest BCUT2D eigenvalue weighted by Crippen LogP contribution is 2.36. The molecule has 1 unspecified atom stereocenters. The van der Waals surface area contributed by atoms with Crippen LogP contribution in [0.2, 0.25) is 0 Å². The third-order valence-corrected chi connectivity index (χ3v) is 14.5. The number of nitrogens with two attached hydrogens (primary N) is 4. The highest BCUT2D eigenvalue weighted by atomic mass is 33.1. The summed E-state index contributed by atoms with van der Waals surface area (Å²) in [5.41, 5.74) is 22.8. The van der Waals surface area contributed by atoms with E-state index in [4.69, 9.17) is 28.3 Å². The van der Waals surface area contributed by atoms with Crippen molar-refractivity contribution in [1.82, 2.24) is 42.5 Å². The zero-order valence-corrected chi connectivity index (χ0v) is 41.9. The SMILES string of the molecule is N=C(N)NCCC[C@@H](NC(=O)[C@@H]1CCCC1C[C@@H]1CSSCCC(=O)N[C@@H](Cc2ccc(O)cc2)C(=O)N[C@@H](Cc2ccccc2)C(=O)N[C@@H](CCC(N)=O)C(=O)N[C@@H](CC(N)=O)C(=O)N1)C(=O)NCC(N)=O. The Balaban J connectivity index is 1.65. The molecule has 4 rings (SSSR count). The zero-order chi connectivity index (χ0) is 53.5. The lowest BCUT2D eigenvalue weighted by Gasteiger charge is -2.29. The molecule has 2 aromatic rings. The zero-order valence-electron chi connectivity index (χ0n) is 40.3. The van der Waals surface area contributed by atoms with E-state index in [1.54, 1.807) is 42.5 Å². The van der Waals surface area contributed by atoms with Gasteiger partial charge in [-0.1, -0.05) is 70.5 Å². The Labute approximate surface area is 430 Å². The number of carbonyl (C=O) groups is 10. The van der Waals surface area contributed by atoms with E-state index in [1.165, 1.54) is 33.7 Å². The average molecular weight is 1050 g/mol. The molecule has 2 fully saturated rings. The van der Waals surface area contributed by atoms with Crippen molar-refractivity contribution in [3.63, 3.8) is 0 Å². The van der Waals surface area contributed by atoms with Gasteiger partial charge in [0.15, 0.2) is 5.96 Å². The molecule has 73 heavy (non-hydrogen) atoms. The predicted molar refractivity (Wildman–Crippen MR) is 272 cm³/mol. The van der Waals surface area contributed by atoms with Crippen LogP contribution in [0.4, 0.5) is 0 Å². The fourth-order valence-electron chi connectivity index (χ4n) is 8.38. The second-order valence-corrected chi connectivity index (χ2v) is 20.5. The third kappa shape index (κ3) is 21.3. The minimum atomic E-state index is -1.59. The van der Waals surface area contributed by atoms with Crippen molar-refractivity contribution in [3.05, 3.63) is 65.7 Å². The summed E-state index contributed by atoms with van der Waals surface area (Å²) in [5, 5.41) is 38.7. The van der Waals surface area contributed by atoms with Crippen LogP contribution in [0.25, 0.3) is 0 Å². The Kier molecular flexibility index (Phi) is 24.1. The molecule has 398 valence electrons. The molecule has 8 atom stereocenters. The molecule has 26 heteroatoms. The highest BCUT2D eigenvalue weighted by molar-refractivity contribution is 8.76. The van der Waals surface area contributed by atoms with Crippen LogP contribution in [0.15, 0.2) is 54.6 Å². The standard InChI is InChI=1S/C47H67N13O11S2/c48-37(62)16-15-33-43(68)60-36(23-38(49)63)44(69)55-29(22-28-8-4-9-31(28)41(66)57-32(10-5-18-53-47(51)52)42(67)54-24-39(50)64)25-73-72-19-17-40(65)56-34(21-27-11-13-30(61)14-12-27)45(70)59-35(46(71)58-33)20-26-6-2-1-3-7-26/h1-3,6-7,11-14,28-29,31-36,61H,4-5,8-10,15-25H2,(H2,48,62)(H2,49,63)(H2,50,64)(H,54,67)(H,55,69)(H,56,65)(H,57,66)(H,58,71)(H,59,70)(H,60,68)(H4,51,52,53)/t28?,29-,31-,32-,33+,34+,35+,36+/m1/s1. The van der Waals surface area contributed by atoms with Crippen LogP contribution in [0.1, 0.15) is 75.3 Å². The largest absolute Gasteiger partial charge is 0.508 e. The first-order chi connectivity index (χ1) is 34.8. The molecule has 1 aliphatic heterocycles. The Hall–Kier alpha value is -7.09. The van der Waals surface area contributed by atoms with E-state index in [0.717, 1.165) is 0 Å². The van der Waals surface area contributed by atoms with Gasteiger partial charge < -0.3 is 70.6 Å². The number of amides is 10. The summed E-state index contributed by atoms with van der Waals surface area (Å²) in [5.74, 6) is -8.39. The molecule has 0 radical (unpaired) electrons. The Morgan fingerprint density at radius 2 is 1.33 bits per heavy atom. The number of primary amides is 3. The number of aromatic hydroxyl groups is 1. The number of nitrogens with one attached hydrogen (secondary N) is 9. The maximum absolute atomic E-state index is 14.3. The normalized spacial score (nSPS) is 22.9.